The van der Waals surface area contributed by atoms with Crippen LogP contribution in [-0.2, 0) is 6.42 Å². The summed E-state index contributed by atoms with van der Waals surface area (Å²) < 4.78 is 1.17. The number of thiophene rings is 1. The first-order chi connectivity index (χ1) is 9.74. The van der Waals surface area contributed by atoms with Gasteiger partial charge in [0, 0.05) is 18.0 Å². The van der Waals surface area contributed by atoms with Crippen LogP contribution in [0.4, 0.5) is 0 Å². The number of rotatable bonds is 3. The van der Waals surface area contributed by atoms with Gasteiger partial charge in [0.2, 0.25) is 0 Å². The van der Waals surface area contributed by atoms with Gasteiger partial charge in [-0.1, -0.05) is 30.3 Å². The molecular formula is C16H16INOS. The van der Waals surface area contributed by atoms with Gasteiger partial charge in [0.1, 0.15) is 0 Å². The fourth-order valence-electron chi connectivity index (χ4n) is 2.79. The van der Waals surface area contributed by atoms with E-state index in [1.54, 1.807) is 11.3 Å². The van der Waals surface area contributed by atoms with Crippen molar-refractivity contribution in [2.24, 2.45) is 0 Å². The Balaban J connectivity index is 1.74. The number of amides is 1. The van der Waals surface area contributed by atoms with Crippen LogP contribution >= 0.6 is 33.9 Å². The molecule has 1 aromatic heterocycles. The molecule has 0 aliphatic carbocycles. The Morgan fingerprint density at radius 2 is 2.15 bits per heavy atom. The van der Waals surface area contributed by atoms with E-state index in [1.165, 1.54) is 8.45 Å². The Morgan fingerprint density at radius 3 is 2.85 bits per heavy atom. The third kappa shape index (κ3) is 3.06. The average Bonchev–Trinajstić information content (AvgIpc) is 3.08. The van der Waals surface area contributed by atoms with Gasteiger partial charge >= 0.3 is 0 Å². The van der Waals surface area contributed by atoms with Crippen molar-refractivity contribution in [1.29, 1.82) is 0 Å². The molecule has 2 nitrogen and oxygen atoms in total. The number of hydrogen-bond acceptors (Lipinski definition) is 2. The van der Waals surface area contributed by atoms with Gasteiger partial charge in [-0.3, -0.25) is 4.79 Å². The minimum absolute atomic E-state index is 0.197. The number of likely N-dealkylation sites (tertiary alicyclic amines) is 1. The monoisotopic (exact) mass is 397 g/mol. The van der Waals surface area contributed by atoms with Crippen LogP contribution in [0.25, 0.3) is 0 Å². The predicted molar refractivity (Wildman–Crippen MR) is 91.2 cm³/mol. The maximum atomic E-state index is 12.6. The minimum atomic E-state index is 0.197. The number of benzene rings is 1. The minimum Gasteiger partial charge on any atom is -0.335 e. The van der Waals surface area contributed by atoms with Crippen molar-refractivity contribution >= 4 is 39.8 Å². The number of carbonyl (C=O) groups is 1. The number of nitrogens with zero attached hydrogens (tertiary/aromatic N) is 1. The average molecular weight is 397 g/mol. The van der Waals surface area contributed by atoms with Crippen LogP contribution in [-0.4, -0.2) is 23.4 Å². The summed E-state index contributed by atoms with van der Waals surface area (Å²) >= 11 is 3.90. The summed E-state index contributed by atoms with van der Waals surface area (Å²) in [7, 11) is 0. The summed E-state index contributed by atoms with van der Waals surface area (Å²) in [6.45, 7) is 0.892. The van der Waals surface area contributed by atoms with Crippen molar-refractivity contribution in [3.63, 3.8) is 0 Å². The summed E-state index contributed by atoms with van der Waals surface area (Å²) in [5.41, 5.74) is 2.16. The molecule has 2 aromatic rings. The van der Waals surface area contributed by atoms with E-state index >= 15 is 0 Å². The molecular weight excluding hydrogens is 381 g/mol. The lowest BCUT2D eigenvalue weighted by atomic mass is 10.0. The molecule has 1 amide bonds. The molecule has 1 saturated heterocycles. The number of hydrogen-bond donors (Lipinski definition) is 0. The zero-order valence-corrected chi connectivity index (χ0v) is 14.1. The molecule has 1 fully saturated rings. The molecule has 20 heavy (non-hydrogen) atoms. The van der Waals surface area contributed by atoms with E-state index < -0.39 is 0 Å². The summed E-state index contributed by atoms with van der Waals surface area (Å²) in [4.78, 5) is 14.7. The van der Waals surface area contributed by atoms with Gasteiger partial charge in [-0.2, -0.15) is 0 Å². The first-order valence-corrected chi connectivity index (χ1v) is 8.79. The molecule has 104 valence electrons. The largest absolute Gasteiger partial charge is 0.335 e. The van der Waals surface area contributed by atoms with E-state index in [1.807, 2.05) is 17.5 Å². The van der Waals surface area contributed by atoms with E-state index in [0.717, 1.165) is 31.4 Å². The number of carbonyl (C=O) groups excluding carboxylic acids is 1. The van der Waals surface area contributed by atoms with Crippen molar-refractivity contribution < 1.29 is 4.79 Å². The highest BCUT2D eigenvalue weighted by molar-refractivity contribution is 14.1. The van der Waals surface area contributed by atoms with Crippen LogP contribution in [0.3, 0.4) is 0 Å². The molecule has 0 radical (unpaired) electrons. The highest BCUT2D eigenvalue weighted by atomic mass is 127. The van der Waals surface area contributed by atoms with E-state index in [2.05, 4.69) is 51.8 Å². The van der Waals surface area contributed by atoms with Gasteiger partial charge in [-0.15, -0.1) is 11.3 Å². The van der Waals surface area contributed by atoms with Crippen molar-refractivity contribution in [2.45, 2.75) is 25.3 Å². The van der Waals surface area contributed by atoms with Gasteiger partial charge in [-0.25, -0.2) is 0 Å². The molecule has 0 saturated carbocycles. The van der Waals surface area contributed by atoms with Crippen molar-refractivity contribution in [2.75, 3.05) is 6.54 Å². The quantitative estimate of drug-likeness (QED) is 0.711. The lowest BCUT2D eigenvalue weighted by molar-refractivity contribution is 0.0737. The Morgan fingerprint density at radius 1 is 1.35 bits per heavy atom. The molecule has 0 spiro atoms. The molecule has 3 rings (SSSR count). The highest BCUT2D eigenvalue weighted by Gasteiger charge is 2.29. The van der Waals surface area contributed by atoms with Crippen LogP contribution < -0.4 is 0 Å². The molecule has 1 aliphatic heterocycles. The lowest BCUT2D eigenvalue weighted by Crippen LogP contribution is -2.36. The van der Waals surface area contributed by atoms with Crippen LogP contribution in [0.2, 0.25) is 0 Å². The lowest BCUT2D eigenvalue weighted by Gasteiger charge is -2.24. The second kappa shape index (κ2) is 6.26. The van der Waals surface area contributed by atoms with Gasteiger partial charge in [0.05, 0.1) is 8.45 Å². The zero-order valence-electron chi connectivity index (χ0n) is 11.1. The van der Waals surface area contributed by atoms with Crippen LogP contribution in [0.15, 0.2) is 41.8 Å². The van der Waals surface area contributed by atoms with Gasteiger partial charge in [-0.05, 0) is 53.5 Å². The third-order valence-corrected chi connectivity index (χ3v) is 5.56. The normalized spacial score (nSPS) is 18.4. The molecule has 1 atom stereocenters. The standard InChI is InChI=1S/C16H16INOS/c17-15-10-13(11-20-15)16(19)18-8-4-7-14(18)9-12-5-2-1-3-6-12/h1-3,5-6,10-11,14H,4,7-9H2. The van der Waals surface area contributed by atoms with Crippen molar-refractivity contribution in [1.82, 2.24) is 4.90 Å². The van der Waals surface area contributed by atoms with Crippen LogP contribution in [0.5, 0.6) is 0 Å². The van der Waals surface area contributed by atoms with E-state index in [4.69, 9.17) is 0 Å². The Labute approximate surface area is 136 Å². The first kappa shape index (κ1) is 14.1. The van der Waals surface area contributed by atoms with Crippen LogP contribution in [0, 0.1) is 2.88 Å². The van der Waals surface area contributed by atoms with Gasteiger partial charge < -0.3 is 4.90 Å². The Hall–Kier alpha value is -0.880. The SMILES string of the molecule is O=C(c1csc(I)c1)N1CCCC1Cc1ccccc1. The molecule has 2 heterocycles. The second-order valence-electron chi connectivity index (χ2n) is 5.12. The third-order valence-electron chi connectivity index (χ3n) is 3.77. The van der Waals surface area contributed by atoms with E-state index in [9.17, 15) is 4.79 Å². The summed E-state index contributed by atoms with van der Waals surface area (Å²) in [6.07, 6.45) is 3.19. The highest BCUT2D eigenvalue weighted by Crippen LogP contribution is 2.25. The maximum Gasteiger partial charge on any atom is 0.254 e. The fraction of sp³-hybridized carbons (Fsp3) is 0.312. The van der Waals surface area contributed by atoms with Crippen molar-refractivity contribution in [3.05, 3.63) is 55.8 Å². The summed E-state index contributed by atoms with van der Waals surface area (Å²) in [5.74, 6) is 0.197. The smallest absolute Gasteiger partial charge is 0.254 e. The number of halogens is 1. The second-order valence-corrected chi connectivity index (χ2v) is 7.93. The van der Waals surface area contributed by atoms with E-state index in [-0.39, 0.29) is 5.91 Å². The Kier molecular flexibility index (Phi) is 4.41. The fourth-order valence-corrected chi connectivity index (χ4v) is 4.11. The molecule has 1 aliphatic rings. The molecule has 4 heteroatoms. The topological polar surface area (TPSA) is 20.3 Å². The van der Waals surface area contributed by atoms with Gasteiger partial charge in [0.15, 0.2) is 0 Å². The molecule has 1 unspecified atom stereocenters. The predicted octanol–water partition coefficient (Wildman–Crippen LogP) is 4.20. The summed E-state index contributed by atoms with van der Waals surface area (Å²) in [6, 6.07) is 12.8. The maximum absolute atomic E-state index is 12.6. The van der Waals surface area contributed by atoms with Crippen LogP contribution in [0.1, 0.15) is 28.8 Å². The summed E-state index contributed by atoms with van der Waals surface area (Å²) in [5, 5.41) is 1.97. The van der Waals surface area contributed by atoms with Gasteiger partial charge in [0.25, 0.3) is 5.91 Å². The van der Waals surface area contributed by atoms with Crippen molar-refractivity contribution in [3.8, 4) is 0 Å². The molecule has 1 aromatic carbocycles. The van der Waals surface area contributed by atoms with E-state index in [0.29, 0.717) is 6.04 Å². The first-order valence-electron chi connectivity index (χ1n) is 6.83. The molecule has 0 bridgehead atoms. The Bertz CT molecular complexity index is 596. The zero-order chi connectivity index (χ0) is 13.9. The molecule has 0 N–H and O–H groups in total.